The topological polar surface area (TPSA) is 131 Å². The molecule has 2 amide bonds. The van der Waals surface area contributed by atoms with E-state index in [1.54, 1.807) is 12.1 Å². The fourth-order valence-corrected chi connectivity index (χ4v) is 4.17. The third-order valence-corrected chi connectivity index (χ3v) is 5.96. The Morgan fingerprint density at radius 2 is 1.68 bits per heavy atom. The number of rotatable bonds is 6. The van der Waals surface area contributed by atoms with E-state index in [1.807, 2.05) is 6.92 Å². The third kappa shape index (κ3) is 4.53. The average Bonchev–Trinajstić information content (AvgIpc) is 3.10. The summed E-state index contributed by atoms with van der Waals surface area (Å²) in [6, 6.07) is 12.4. The molecule has 0 spiro atoms. The van der Waals surface area contributed by atoms with Gasteiger partial charge in [0.1, 0.15) is 5.69 Å². The van der Waals surface area contributed by atoms with Gasteiger partial charge in [0.15, 0.2) is 5.13 Å². The van der Waals surface area contributed by atoms with Crippen LogP contribution in [0.15, 0.2) is 58.8 Å². The molecule has 0 unspecified atom stereocenters. The van der Waals surface area contributed by atoms with Crippen molar-refractivity contribution in [3.05, 3.63) is 70.7 Å². The zero-order valence-electron chi connectivity index (χ0n) is 14.7. The molecule has 0 radical (unpaired) electrons. The lowest BCUT2D eigenvalue weighted by Gasteiger charge is -2.05. The van der Waals surface area contributed by atoms with Crippen molar-refractivity contribution in [1.82, 2.24) is 4.98 Å². The van der Waals surface area contributed by atoms with Crippen molar-refractivity contribution in [2.75, 3.05) is 10.0 Å². The molecule has 3 rings (SSSR count). The maximum atomic E-state index is 12.4. The van der Waals surface area contributed by atoms with Gasteiger partial charge in [-0.3, -0.25) is 14.3 Å². The van der Waals surface area contributed by atoms with Crippen LogP contribution in [0.4, 0.5) is 10.8 Å². The average molecular weight is 416 g/mol. The minimum absolute atomic E-state index is 0.0607. The number of aromatic nitrogens is 1. The number of nitrogens with zero attached hydrogens (tertiary/aromatic N) is 1. The Kier molecular flexibility index (Phi) is 5.43. The van der Waals surface area contributed by atoms with Crippen LogP contribution in [-0.2, 0) is 10.0 Å². The first-order valence-electron chi connectivity index (χ1n) is 8.01. The number of sulfonamides is 1. The molecule has 1 heterocycles. The van der Waals surface area contributed by atoms with E-state index in [4.69, 9.17) is 5.73 Å². The van der Waals surface area contributed by atoms with Gasteiger partial charge in [-0.05, 0) is 43.3 Å². The zero-order chi connectivity index (χ0) is 20.3. The number of primary amides is 1. The lowest BCUT2D eigenvalue weighted by molar-refractivity contribution is 0.0998. The Balaban J connectivity index is 1.70. The lowest BCUT2D eigenvalue weighted by Crippen LogP contribution is -2.15. The number of anilines is 2. The first-order valence-corrected chi connectivity index (χ1v) is 10.4. The van der Waals surface area contributed by atoms with E-state index < -0.39 is 21.8 Å². The van der Waals surface area contributed by atoms with Gasteiger partial charge < -0.3 is 11.1 Å². The summed E-state index contributed by atoms with van der Waals surface area (Å²) in [6.45, 7) is 1.86. The van der Waals surface area contributed by atoms with E-state index in [0.717, 1.165) is 16.9 Å². The normalized spacial score (nSPS) is 11.0. The van der Waals surface area contributed by atoms with Crippen molar-refractivity contribution in [3.8, 4) is 0 Å². The summed E-state index contributed by atoms with van der Waals surface area (Å²) in [5, 5.41) is 4.14. The molecule has 28 heavy (non-hydrogen) atoms. The number of hydrogen-bond acceptors (Lipinski definition) is 6. The number of aryl methyl sites for hydroxylation is 1. The highest BCUT2D eigenvalue weighted by Crippen LogP contribution is 2.21. The van der Waals surface area contributed by atoms with E-state index >= 15 is 0 Å². The van der Waals surface area contributed by atoms with Gasteiger partial charge in [0.05, 0.1) is 4.90 Å². The molecule has 2 aromatic carbocycles. The van der Waals surface area contributed by atoms with E-state index in [9.17, 15) is 18.0 Å². The predicted octanol–water partition coefficient (Wildman–Crippen LogP) is 2.60. The minimum atomic E-state index is -3.79. The number of hydrogen-bond donors (Lipinski definition) is 3. The smallest absolute Gasteiger partial charge is 0.275 e. The number of benzene rings is 2. The lowest BCUT2D eigenvalue weighted by atomic mass is 10.2. The molecule has 3 aromatic rings. The molecule has 0 saturated heterocycles. The molecular formula is C18H16N4O4S2. The van der Waals surface area contributed by atoms with Crippen LogP contribution >= 0.6 is 11.3 Å². The summed E-state index contributed by atoms with van der Waals surface area (Å²) in [7, 11) is -3.79. The third-order valence-electron chi connectivity index (χ3n) is 3.72. The van der Waals surface area contributed by atoms with Gasteiger partial charge in [-0.1, -0.05) is 17.7 Å². The number of nitrogens with two attached hydrogens (primary N) is 1. The number of nitrogens with one attached hydrogen (secondary N) is 2. The fraction of sp³-hybridized carbons (Fsp3) is 0.0556. The summed E-state index contributed by atoms with van der Waals surface area (Å²) in [6.07, 6.45) is 0. The Hall–Kier alpha value is -3.24. The predicted molar refractivity (Wildman–Crippen MR) is 107 cm³/mol. The van der Waals surface area contributed by atoms with Gasteiger partial charge >= 0.3 is 0 Å². The molecule has 0 aliphatic heterocycles. The SMILES string of the molecule is Cc1ccc(S(=O)(=O)Nc2nc(C(=O)Nc3ccc(C(N)=O)cc3)cs2)cc1. The van der Waals surface area contributed by atoms with Gasteiger partial charge in [-0.25, -0.2) is 13.4 Å². The van der Waals surface area contributed by atoms with Gasteiger partial charge in [-0.2, -0.15) is 0 Å². The van der Waals surface area contributed by atoms with Crippen molar-refractivity contribution >= 4 is 44.0 Å². The molecule has 144 valence electrons. The van der Waals surface area contributed by atoms with Crippen molar-refractivity contribution < 1.29 is 18.0 Å². The maximum Gasteiger partial charge on any atom is 0.275 e. The van der Waals surface area contributed by atoms with Crippen molar-refractivity contribution in [2.24, 2.45) is 5.73 Å². The molecule has 1 aromatic heterocycles. The van der Waals surface area contributed by atoms with Gasteiger partial charge in [0.25, 0.3) is 15.9 Å². The van der Waals surface area contributed by atoms with Crippen LogP contribution < -0.4 is 15.8 Å². The second-order valence-electron chi connectivity index (χ2n) is 5.85. The monoisotopic (exact) mass is 416 g/mol. The fourth-order valence-electron chi connectivity index (χ4n) is 2.23. The van der Waals surface area contributed by atoms with E-state index in [1.165, 1.54) is 41.8 Å². The zero-order valence-corrected chi connectivity index (χ0v) is 16.3. The minimum Gasteiger partial charge on any atom is -0.366 e. The summed E-state index contributed by atoms with van der Waals surface area (Å²) in [4.78, 5) is 27.5. The Morgan fingerprint density at radius 3 is 2.29 bits per heavy atom. The molecule has 0 saturated carbocycles. The van der Waals surface area contributed by atoms with Crippen molar-refractivity contribution in [2.45, 2.75) is 11.8 Å². The standard InChI is InChI=1S/C18H16N4O4S2/c1-11-2-8-14(9-3-11)28(25,26)22-18-21-15(10-27-18)17(24)20-13-6-4-12(5-7-13)16(19)23/h2-10H,1H3,(H2,19,23)(H,20,24)(H,21,22). The molecular weight excluding hydrogens is 400 g/mol. The Bertz CT molecular complexity index is 1120. The number of thiazole rings is 1. The van der Waals surface area contributed by atoms with E-state index in [2.05, 4.69) is 15.0 Å². The highest BCUT2D eigenvalue weighted by Gasteiger charge is 2.18. The van der Waals surface area contributed by atoms with Crippen LogP contribution in [0.2, 0.25) is 0 Å². The number of amides is 2. The summed E-state index contributed by atoms with van der Waals surface area (Å²) in [5.41, 5.74) is 6.94. The Morgan fingerprint density at radius 1 is 1.04 bits per heavy atom. The molecule has 0 aliphatic carbocycles. The van der Waals surface area contributed by atoms with Crippen LogP contribution in [0.5, 0.6) is 0 Å². The van der Waals surface area contributed by atoms with Gasteiger partial charge in [0, 0.05) is 16.6 Å². The summed E-state index contributed by atoms with van der Waals surface area (Å²) < 4.78 is 27.1. The van der Waals surface area contributed by atoms with Crippen LogP contribution in [-0.4, -0.2) is 25.2 Å². The molecule has 8 nitrogen and oxygen atoms in total. The van der Waals surface area contributed by atoms with E-state index in [-0.39, 0.29) is 15.7 Å². The highest BCUT2D eigenvalue weighted by molar-refractivity contribution is 7.93. The molecule has 0 aliphatic rings. The van der Waals surface area contributed by atoms with Crippen molar-refractivity contribution in [1.29, 1.82) is 0 Å². The van der Waals surface area contributed by atoms with Crippen LogP contribution in [0.25, 0.3) is 0 Å². The highest BCUT2D eigenvalue weighted by atomic mass is 32.2. The number of carbonyl (C=O) groups excluding carboxylic acids is 2. The quantitative estimate of drug-likeness (QED) is 0.568. The van der Waals surface area contributed by atoms with Gasteiger partial charge in [0.2, 0.25) is 5.91 Å². The maximum absolute atomic E-state index is 12.4. The first kappa shape index (κ1) is 19.5. The largest absolute Gasteiger partial charge is 0.366 e. The first-order chi connectivity index (χ1) is 13.2. The molecule has 0 bridgehead atoms. The summed E-state index contributed by atoms with van der Waals surface area (Å²) >= 11 is 0.996. The molecule has 0 atom stereocenters. The summed E-state index contributed by atoms with van der Waals surface area (Å²) in [5.74, 6) is -1.08. The molecule has 10 heteroatoms. The van der Waals surface area contributed by atoms with Crippen LogP contribution in [0, 0.1) is 6.92 Å². The van der Waals surface area contributed by atoms with Crippen LogP contribution in [0.3, 0.4) is 0 Å². The van der Waals surface area contributed by atoms with Crippen LogP contribution in [0.1, 0.15) is 26.4 Å². The second-order valence-corrected chi connectivity index (χ2v) is 8.39. The molecule has 4 N–H and O–H groups in total. The van der Waals surface area contributed by atoms with Gasteiger partial charge in [-0.15, -0.1) is 11.3 Å². The molecule has 0 fully saturated rings. The Labute approximate surface area is 165 Å². The number of carbonyl (C=O) groups is 2. The van der Waals surface area contributed by atoms with E-state index in [0.29, 0.717) is 11.3 Å². The van der Waals surface area contributed by atoms with Crippen molar-refractivity contribution in [3.63, 3.8) is 0 Å². The second kappa shape index (κ2) is 7.79.